The number of hydrogen-bond donors (Lipinski definition) is 1. The maximum atomic E-state index is 13.1. The van der Waals surface area contributed by atoms with Gasteiger partial charge in [0.1, 0.15) is 10.7 Å². The molecule has 1 atom stereocenters. The summed E-state index contributed by atoms with van der Waals surface area (Å²) < 4.78 is 5.50. The Bertz CT molecular complexity index is 818. The number of carbonyl (C=O) groups excluding carboxylic acids is 1. The summed E-state index contributed by atoms with van der Waals surface area (Å²) in [5, 5.41) is 14.4. The predicted octanol–water partition coefficient (Wildman–Crippen LogP) is 3.87. The molecule has 0 bridgehead atoms. The Kier molecular flexibility index (Phi) is 3.38. The number of nitrogens with zero attached hydrogens (tertiary/aromatic N) is 1. The van der Waals surface area contributed by atoms with E-state index in [9.17, 15) is 14.9 Å². The Morgan fingerprint density at radius 3 is 2.83 bits per heavy atom. The lowest BCUT2D eigenvalue weighted by Gasteiger charge is -2.38. The van der Waals surface area contributed by atoms with Crippen LogP contribution in [0, 0.1) is 15.5 Å². The molecule has 24 heavy (non-hydrogen) atoms. The first-order chi connectivity index (χ1) is 11.4. The summed E-state index contributed by atoms with van der Waals surface area (Å²) in [6, 6.07) is 3.01. The van der Waals surface area contributed by atoms with Gasteiger partial charge in [-0.15, -0.1) is 11.8 Å². The van der Waals surface area contributed by atoms with Gasteiger partial charge in [-0.2, -0.15) is 0 Å². The van der Waals surface area contributed by atoms with Crippen molar-refractivity contribution in [2.24, 2.45) is 5.41 Å². The van der Waals surface area contributed by atoms with Gasteiger partial charge in [0, 0.05) is 33.0 Å². The van der Waals surface area contributed by atoms with Gasteiger partial charge in [-0.05, 0) is 25.3 Å². The van der Waals surface area contributed by atoms with Crippen molar-refractivity contribution in [1.82, 2.24) is 5.32 Å². The molecule has 0 fully saturated rings. The van der Waals surface area contributed by atoms with Crippen molar-refractivity contribution >= 4 is 23.4 Å². The maximum Gasteiger partial charge on any atom is 0.433 e. The van der Waals surface area contributed by atoms with Crippen molar-refractivity contribution in [2.75, 3.05) is 5.75 Å². The zero-order valence-electron chi connectivity index (χ0n) is 13.5. The molecular weight excluding hydrogens is 328 g/mol. The largest absolute Gasteiger partial charge is 0.433 e. The van der Waals surface area contributed by atoms with Gasteiger partial charge in [-0.1, -0.05) is 13.8 Å². The summed E-state index contributed by atoms with van der Waals surface area (Å²) in [6.07, 6.45) is 2.54. The van der Waals surface area contributed by atoms with Gasteiger partial charge in [0.15, 0.2) is 5.78 Å². The van der Waals surface area contributed by atoms with Crippen LogP contribution >= 0.6 is 11.8 Å². The molecule has 0 saturated heterocycles. The first-order valence-corrected chi connectivity index (χ1v) is 9.02. The van der Waals surface area contributed by atoms with Crippen LogP contribution in [0.4, 0.5) is 5.88 Å². The fourth-order valence-corrected chi connectivity index (χ4v) is 4.91. The third-order valence-electron chi connectivity index (χ3n) is 5.02. The molecule has 6 nitrogen and oxygen atoms in total. The minimum atomic E-state index is -0.538. The summed E-state index contributed by atoms with van der Waals surface area (Å²) in [7, 11) is 0. The molecule has 0 radical (unpaired) electrons. The lowest BCUT2D eigenvalue weighted by molar-refractivity contribution is -0.402. The van der Waals surface area contributed by atoms with E-state index in [0.29, 0.717) is 5.76 Å². The molecule has 7 heteroatoms. The van der Waals surface area contributed by atoms with Crippen LogP contribution in [0.1, 0.15) is 44.8 Å². The van der Waals surface area contributed by atoms with E-state index in [1.54, 1.807) is 17.8 Å². The third kappa shape index (κ3) is 2.22. The van der Waals surface area contributed by atoms with Crippen LogP contribution in [0.2, 0.25) is 0 Å². The van der Waals surface area contributed by atoms with Gasteiger partial charge in [0.2, 0.25) is 0 Å². The van der Waals surface area contributed by atoms with Crippen LogP contribution in [0.15, 0.2) is 38.4 Å². The lowest BCUT2D eigenvalue weighted by atomic mass is 9.70. The Morgan fingerprint density at radius 2 is 2.12 bits per heavy atom. The van der Waals surface area contributed by atoms with E-state index in [0.717, 1.165) is 46.9 Å². The van der Waals surface area contributed by atoms with Crippen LogP contribution < -0.4 is 5.32 Å². The van der Waals surface area contributed by atoms with Crippen LogP contribution in [-0.2, 0) is 4.79 Å². The van der Waals surface area contributed by atoms with E-state index in [1.807, 2.05) is 13.8 Å². The SMILES string of the molecule is CC1(C)CCC2=C(C1=O)C(c1ccc([N+](=O)[O-])o1)C1=C(CCS1)N2. The van der Waals surface area contributed by atoms with Crippen molar-refractivity contribution in [3.63, 3.8) is 0 Å². The summed E-state index contributed by atoms with van der Waals surface area (Å²) in [4.78, 5) is 24.6. The molecule has 126 valence electrons. The Morgan fingerprint density at radius 1 is 1.33 bits per heavy atom. The number of dihydropyridines is 1. The van der Waals surface area contributed by atoms with E-state index in [1.165, 1.54) is 6.07 Å². The highest BCUT2D eigenvalue weighted by atomic mass is 32.2. The van der Waals surface area contributed by atoms with Crippen LogP contribution in [-0.4, -0.2) is 16.5 Å². The number of allylic oxidation sites excluding steroid dienone is 4. The van der Waals surface area contributed by atoms with Gasteiger partial charge in [0.05, 0.1) is 12.0 Å². The normalized spacial score (nSPS) is 25.4. The monoisotopic (exact) mass is 346 g/mol. The number of Topliss-reactive ketones (excluding diaryl/α,β-unsaturated/α-hetero) is 1. The molecule has 0 amide bonds. The minimum Gasteiger partial charge on any atom is -0.405 e. The second kappa shape index (κ2) is 5.24. The third-order valence-corrected chi connectivity index (χ3v) is 6.22. The molecule has 0 saturated carbocycles. The number of ketones is 1. The van der Waals surface area contributed by atoms with Crippen molar-refractivity contribution in [3.8, 4) is 0 Å². The highest BCUT2D eigenvalue weighted by molar-refractivity contribution is 8.03. The molecule has 1 N–H and O–H groups in total. The van der Waals surface area contributed by atoms with E-state index >= 15 is 0 Å². The smallest absolute Gasteiger partial charge is 0.405 e. The maximum absolute atomic E-state index is 13.1. The Hall–Kier alpha value is -2.02. The number of nitrogens with one attached hydrogen (secondary N) is 1. The first kappa shape index (κ1) is 15.5. The zero-order valence-corrected chi connectivity index (χ0v) is 14.4. The quantitative estimate of drug-likeness (QED) is 0.646. The van der Waals surface area contributed by atoms with Crippen molar-refractivity contribution < 1.29 is 14.1 Å². The zero-order chi connectivity index (χ0) is 17.1. The molecule has 0 aromatic carbocycles. The van der Waals surface area contributed by atoms with Gasteiger partial charge in [-0.3, -0.25) is 14.9 Å². The summed E-state index contributed by atoms with van der Waals surface area (Å²) >= 11 is 1.71. The Labute approximate surface area is 143 Å². The molecule has 3 aliphatic rings. The molecule has 0 spiro atoms. The van der Waals surface area contributed by atoms with Crippen molar-refractivity contribution in [3.05, 3.63) is 49.9 Å². The second-order valence-corrected chi connectivity index (χ2v) is 8.17. The molecule has 1 aromatic rings. The van der Waals surface area contributed by atoms with Gasteiger partial charge in [0.25, 0.3) is 0 Å². The summed E-state index contributed by atoms with van der Waals surface area (Å²) in [6.45, 7) is 3.93. The number of rotatable bonds is 2. The summed E-state index contributed by atoms with van der Waals surface area (Å²) in [5.41, 5.74) is 2.40. The number of hydrogen-bond acceptors (Lipinski definition) is 6. The topological polar surface area (TPSA) is 85.4 Å². The molecule has 2 aliphatic heterocycles. The lowest BCUT2D eigenvalue weighted by Crippen LogP contribution is -2.38. The van der Waals surface area contributed by atoms with E-state index in [2.05, 4.69) is 5.32 Å². The number of nitro groups is 1. The van der Waals surface area contributed by atoms with E-state index in [-0.39, 0.29) is 17.6 Å². The summed E-state index contributed by atoms with van der Waals surface area (Å²) in [5.74, 6) is 0.959. The molecule has 1 aliphatic carbocycles. The van der Waals surface area contributed by atoms with Gasteiger partial charge in [-0.25, -0.2) is 0 Å². The molecule has 1 aromatic heterocycles. The fraction of sp³-hybridized carbons (Fsp3) is 0.471. The van der Waals surface area contributed by atoms with E-state index in [4.69, 9.17) is 4.42 Å². The first-order valence-electron chi connectivity index (χ1n) is 8.03. The average molecular weight is 346 g/mol. The van der Waals surface area contributed by atoms with Crippen molar-refractivity contribution in [1.29, 1.82) is 0 Å². The van der Waals surface area contributed by atoms with Gasteiger partial charge >= 0.3 is 5.88 Å². The van der Waals surface area contributed by atoms with E-state index < -0.39 is 10.3 Å². The Balaban J connectivity index is 1.85. The molecule has 3 heterocycles. The average Bonchev–Trinajstić information content (AvgIpc) is 3.18. The highest BCUT2D eigenvalue weighted by Gasteiger charge is 2.45. The number of thioether (sulfide) groups is 1. The predicted molar refractivity (Wildman–Crippen MR) is 90.4 cm³/mol. The number of furan rings is 1. The standard InChI is InChI=1S/C17H18N2O4S/c1-17(2)7-5-9-13(16(17)20)14(15-10(18-9)6-8-24-15)11-3-4-12(23-11)19(21)22/h3-4,14,18H,5-8H2,1-2H3. The molecule has 1 unspecified atom stereocenters. The minimum absolute atomic E-state index is 0.111. The highest BCUT2D eigenvalue weighted by Crippen LogP contribution is 2.52. The van der Waals surface area contributed by atoms with Gasteiger partial charge < -0.3 is 9.73 Å². The van der Waals surface area contributed by atoms with Crippen LogP contribution in [0.3, 0.4) is 0 Å². The van der Waals surface area contributed by atoms with Crippen molar-refractivity contribution in [2.45, 2.75) is 39.0 Å². The van der Waals surface area contributed by atoms with Crippen LogP contribution in [0.25, 0.3) is 0 Å². The molecular formula is C17H18N2O4S. The van der Waals surface area contributed by atoms with Crippen LogP contribution in [0.5, 0.6) is 0 Å². The fourth-order valence-electron chi connectivity index (χ4n) is 3.66. The second-order valence-electron chi connectivity index (χ2n) is 7.04. The molecule has 4 rings (SSSR count). The number of carbonyl (C=O) groups is 1.